The summed E-state index contributed by atoms with van der Waals surface area (Å²) in [5.41, 5.74) is 2.64. The molecule has 0 bridgehead atoms. The minimum atomic E-state index is -0.171. The summed E-state index contributed by atoms with van der Waals surface area (Å²) in [7, 11) is 1.72. The van der Waals surface area contributed by atoms with E-state index >= 15 is 0 Å². The highest BCUT2D eigenvalue weighted by atomic mass is 16.2. The van der Waals surface area contributed by atoms with Gasteiger partial charge in [0.1, 0.15) is 5.69 Å². The third-order valence-corrected chi connectivity index (χ3v) is 2.52. The van der Waals surface area contributed by atoms with Gasteiger partial charge in [0.2, 0.25) is 0 Å². The van der Waals surface area contributed by atoms with Crippen LogP contribution in [0.2, 0.25) is 0 Å². The zero-order valence-electron chi connectivity index (χ0n) is 10.5. The number of nitrogens with two attached hydrogens (primary N) is 1. The number of anilines is 1. The number of hydrogen-bond acceptors (Lipinski definition) is 6. The highest BCUT2D eigenvalue weighted by Gasteiger charge is 2.12. The van der Waals surface area contributed by atoms with Crippen LogP contribution in [0.1, 0.15) is 29.8 Å². The second kappa shape index (κ2) is 7.57. The van der Waals surface area contributed by atoms with E-state index in [1.165, 1.54) is 12.4 Å². The van der Waals surface area contributed by atoms with E-state index in [9.17, 15) is 4.79 Å². The van der Waals surface area contributed by atoms with Crippen LogP contribution >= 0.6 is 0 Å². The van der Waals surface area contributed by atoms with E-state index in [1.807, 2.05) is 0 Å². The molecule has 0 atom stereocenters. The van der Waals surface area contributed by atoms with E-state index in [0.29, 0.717) is 18.1 Å². The summed E-state index contributed by atoms with van der Waals surface area (Å²) < 4.78 is 0. The van der Waals surface area contributed by atoms with E-state index in [2.05, 4.69) is 15.4 Å². The van der Waals surface area contributed by atoms with Crippen LogP contribution in [0.3, 0.4) is 0 Å². The summed E-state index contributed by atoms with van der Waals surface area (Å²) in [6.45, 7) is 0.827. The molecule has 0 saturated carbocycles. The van der Waals surface area contributed by atoms with Crippen molar-refractivity contribution in [2.24, 2.45) is 5.84 Å². The van der Waals surface area contributed by atoms with Crippen LogP contribution < -0.4 is 11.3 Å². The van der Waals surface area contributed by atoms with Crippen molar-refractivity contribution in [3.8, 4) is 0 Å². The summed E-state index contributed by atoms with van der Waals surface area (Å²) in [6.07, 6.45) is 5.32. The molecule has 100 valence electrons. The Bertz CT molecular complexity index is 368. The Hall–Kier alpha value is -1.73. The molecule has 1 rings (SSSR count). The Morgan fingerprint density at radius 3 is 2.72 bits per heavy atom. The molecule has 0 aliphatic rings. The minimum Gasteiger partial charge on any atom is -0.396 e. The molecule has 0 unspecified atom stereocenters. The van der Waals surface area contributed by atoms with Gasteiger partial charge in [-0.3, -0.25) is 4.79 Å². The zero-order chi connectivity index (χ0) is 13.4. The number of aliphatic hydroxyl groups excluding tert-OH is 1. The number of nitrogens with one attached hydrogen (secondary N) is 1. The molecule has 0 saturated heterocycles. The molecule has 1 heterocycles. The molecule has 7 heteroatoms. The lowest BCUT2D eigenvalue weighted by molar-refractivity contribution is 0.0786. The van der Waals surface area contributed by atoms with E-state index in [1.54, 1.807) is 11.9 Å². The number of carbonyl (C=O) groups excluding carboxylic acids is 1. The van der Waals surface area contributed by atoms with Crippen molar-refractivity contribution in [1.82, 2.24) is 14.9 Å². The molecule has 0 fully saturated rings. The summed E-state index contributed by atoms with van der Waals surface area (Å²) in [5.74, 6) is 5.40. The molecule has 1 aromatic heterocycles. The molecule has 7 nitrogen and oxygen atoms in total. The van der Waals surface area contributed by atoms with Gasteiger partial charge in [-0.1, -0.05) is 0 Å². The lowest BCUT2D eigenvalue weighted by Crippen LogP contribution is -2.28. The fourth-order valence-electron chi connectivity index (χ4n) is 1.45. The van der Waals surface area contributed by atoms with Crippen molar-refractivity contribution < 1.29 is 9.90 Å². The van der Waals surface area contributed by atoms with Crippen molar-refractivity contribution in [3.05, 3.63) is 18.1 Å². The van der Waals surface area contributed by atoms with Gasteiger partial charge >= 0.3 is 0 Å². The second-order valence-corrected chi connectivity index (χ2v) is 3.94. The normalized spacial score (nSPS) is 10.2. The average Bonchev–Trinajstić information content (AvgIpc) is 2.42. The van der Waals surface area contributed by atoms with E-state index in [4.69, 9.17) is 10.9 Å². The fraction of sp³-hybridized carbons (Fsp3) is 0.545. The molecule has 0 aromatic carbocycles. The molecule has 4 N–H and O–H groups in total. The maximum atomic E-state index is 11.9. The molecule has 1 amide bonds. The van der Waals surface area contributed by atoms with Crippen LogP contribution in [0.4, 0.5) is 5.82 Å². The van der Waals surface area contributed by atoms with Crippen LogP contribution in [0.5, 0.6) is 0 Å². The summed E-state index contributed by atoms with van der Waals surface area (Å²) in [6, 6.07) is 0. The van der Waals surface area contributed by atoms with E-state index < -0.39 is 0 Å². The first-order valence-electron chi connectivity index (χ1n) is 5.84. The molecule has 0 aliphatic heterocycles. The largest absolute Gasteiger partial charge is 0.396 e. The fourth-order valence-corrected chi connectivity index (χ4v) is 1.45. The summed E-state index contributed by atoms with van der Waals surface area (Å²) >= 11 is 0. The number of nitrogen functional groups attached to an aromatic ring is 1. The Balaban J connectivity index is 2.46. The molecular formula is C11H19N5O2. The first kappa shape index (κ1) is 14.3. The Morgan fingerprint density at radius 1 is 1.39 bits per heavy atom. The van der Waals surface area contributed by atoms with Gasteiger partial charge in [0, 0.05) is 20.2 Å². The lowest BCUT2D eigenvalue weighted by Gasteiger charge is -2.16. The first-order valence-corrected chi connectivity index (χ1v) is 5.84. The number of carbonyl (C=O) groups is 1. The predicted molar refractivity (Wildman–Crippen MR) is 67.7 cm³/mol. The third-order valence-electron chi connectivity index (χ3n) is 2.52. The molecule has 0 aliphatic carbocycles. The van der Waals surface area contributed by atoms with Crippen molar-refractivity contribution in [3.63, 3.8) is 0 Å². The quantitative estimate of drug-likeness (QED) is 0.359. The molecule has 0 spiro atoms. The minimum absolute atomic E-state index is 0.171. The van der Waals surface area contributed by atoms with Crippen LogP contribution in [-0.4, -0.2) is 46.1 Å². The molecule has 0 radical (unpaired) electrons. The Morgan fingerprint density at radius 2 is 2.17 bits per heavy atom. The number of nitrogens with zero attached hydrogens (tertiary/aromatic N) is 3. The van der Waals surface area contributed by atoms with Gasteiger partial charge in [0.25, 0.3) is 5.91 Å². The maximum Gasteiger partial charge on any atom is 0.273 e. The average molecular weight is 253 g/mol. The van der Waals surface area contributed by atoms with Crippen molar-refractivity contribution in [1.29, 1.82) is 0 Å². The van der Waals surface area contributed by atoms with Gasteiger partial charge in [-0.25, -0.2) is 15.8 Å². The standard InChI is InChI=1S/C11H19N5O2/c1-16(5-3-2-4-6-17)11(18)9-7-14-10(15-12)8-13-9/h7-8,17H,2-6,12H2,1H3,(H,14,15). The Kier molecular flexibility index (Phi) is 6.03. The zero-order valence-corrected chi connectivity index (χ0v) is 10.5. The topological polar surface area (TPSA) is 104 Å². The van der Waals surface area contributed by atoms with E-state index in [0.717, 1.165) is 19.3 Å². The smallest absolute Gasteiger partial charge is 0.273 e. The number of rotatable bonds is 7. The number of unbranched alkanes of at least 4 members (excludes halogenated alkanes) is 2. The molecule has 1 aromatic rings. The van der Waals surface area contributed by atoms with Gasteiger partial charge in [-0.15, -0.1) is 0 Å². The molecule has 18 heavy (non-hydrogen) atoms. The van der Waals surface area contributed by atoms with Crippen LogP contribution in [-0.2, 0) is 0 Å². The van der Waals surface area contributed by atoms with Crippen LogP contribution in [0.25, 0.3) is 0 Å². The number of hydrazine groups is 1. The predicted octanol–water partition coefficient (Wildman–Crippen LogP) is -0.00320. The monoisotopic (exact) mass is 253 g/mol. The number of aromatic nitrogens is 2. The highest BCUT2D eigenvalue weighted by Crippen LogP contribution is 2.04. The number of aliphatic hydroxyl groups is 1. The molecular weight excluding hydrogens is 234 g/mol. The van der Waals surface area contributed by atoms with Crippen LogP contribution in [0, 0.1) is 0 Å². The van der Waals surface area contributed by atoms with Gasteiger partial charge < -0.3 is 15.4 Å². The number of hydrogen-bond donors (Lipinski definition) is 3. The van der Waals surface area contributed by atoms with E-state index in [-0.39, 0.29) is 12.5 Å². The SMILES string of the molecule is CN(CCCCCO)C(=O)c1cnc(NN)cn1. The van der Waals surface area contributed by atoms with Gasteiger partial charge in [0.05, 0.1) is 12.4 Å². The lowest BCUT2D eigenvalue weighted by atomic mass is 10.2. The van der Waals surface area contributed by atoms with Crippen molar-refractivity contribution >= 4 is 11.7 Å². The first-order chi connectivity index (χ1) is 8.69. The summed E-state index contributed by atoms with van der Waals surface area (Å²) in [4.78, 5) is 21.4. The third kappa shape index (κ3) is 4.27. The van der Waals surface area contributed by atoms with Crippen LogP contribution in [0.15, 0.2) is 12.4 Å². The van der Waals surface area contributed by atoms with Gasteiger partial charge in [0.15, 0.2) is 5.82 Å². The van der Waals surface area contributed by atoms with Gasteiger partial charge in [-0.05, 0) is 19.3 Å². The Labute approximate surface area is 106 Å². The maximum absolute atomic E-state index is 11.9. The highest BCUT2D eigenvalue weighted by molar-refractivity contribution is 5.91. The summed E-state index contributed by atoms with van der Waals surface area (Å²) in [5, 5.41) is 8.65. The van der Waals surface area contributed by atoms with Gasteiger partial charge in [-0.2, -0.15) is 0 Å². The van der Waals surface area contributed by atoms with Crippen molar-refractivity contribution in [2.75, 3.05) is 25.6 Å². The van der Waals surface area contributed by atoms with Crippen molar-refractivity contribution in [2.45, 2.75) is 19.3 Å². The second-order valence-electron chi connectivity index (χ2n) is 3.94. The number of amides is 1.